The van der Waals surface area contributed by atoms with Crippen molar-refractivity contribution >= 4 is 18.3 Å². The molecule has 0 aliphatic heterocycles. The zero-order valence-corrected chi connectivity index (χ0v) is 11.8. The van der Waals surface area contributed by atoms with Crippen LogP contribution in [0.3, 0.4) is 0 Å². The number of nitrogens with two attached hydrogens (primary N) is 1. The molecule has 0 radical (unpaired) electrons. The molecule has 1 saturated carbocycles. The van der Waals surface area contributed by atoms with Crippen LogP contribution in [0.2, 0.25) is 0 Å². The third-order valence-electron chi connectivity index (χ3n) is 4.18. The highest BCUT2D eigenvalue weighted by Gasteiger charge is 2.68. The largest absolute Gasteiger partial charge is 0.356 e. The zero-order valence-electron chi connectivity index (χ0n) is 11.0. The number of nitrogens with one attached hydrogen (secondary N) is 1. The molecule has 1 unspecified atom stereocenters. The van der Waals surface area contributed by atoms with Gasteiger partial charge in [0.15, 0.2) is 0 Å². The summed E-state index contributed by atoms with van der Waals surface area (Å²) in [6, 6.07) is 0.158. The molecule has 0 aromatic heterocycles. The average molecular weight is 249 g/mol. The van der Waals surface area contributed by atoms with Gasteiger partial charge in [0.25, 0.3) is 0 Å². The smallest absolute Gasteiger partial charge is 0.224 e. The maximum Gasteiger partial charge on any atom is 0.224 e. The van der Waals surface area contributed by atoms with E-state index >= 15 is 0 Å². The molecule has 0 saturated heterocycles. The van der Waals surface area contributed by atoms with Gasteiger partial charge in [0.05, 0.1) is 0 Å². The quantitative estimate of drug-likeness (QED) is 0.799. The number of hydrogen-bond donors (Lipinski definition) is 2. The first-order valence-corrected chi connectivity index (χ1v) is 5.74. The molecule has 3 nitrogen and oxygen atoms in total. The van der Waals surface area contributed by atoms with E-state index in [2.05, 4.69) is 33.0 Å². The lowest BCUT2D eigenvalue weighted by atomic mass is 10.0. The molecular weight excluding hydrogens is 224 g/mol. The van der Waals surface area contributed by atoms with Crippen molar-refractivity contribution in [2.75, 3.05) is 6.54 Å². The van der Waals surface area contributed by atoms with E-state index < -0.39 is 0 Å². The molecule has 3 N–H and O–H groups in total. The van der Waals surface area contributed by atoms with Crippen molar-refractivity contribution in [2.24, 2.45) is 22.5 Å². The lowest BCUT2D eigenvalue weighted by Gasteiger charge is -2.08. The first-order valence-electron chi connectivity index (χ1n) is 5.74. The molecule has 0 aromatic rings. The standard InChI is InChI=1S/C12H24N2O.ClH/c1-8(13)6-7-14-10(15)9-11(2,3)12(9,4)5;/h8-9H,6-7,13H2,1-5H3,(H,14,15);1H. The predicted molar refractivity (Wildman–Crippen MR) is 69.6 cm³/mol. The van der Waals surface area contributed by atoms with Gasteiger partial charge in [-0.15, -0.1) is 12.4 Å². The number of hydrogen-bond acceptors (Lipinski definition) is 2. The fraction of sp³-hybridized carbons (Fsp3) is 0.917. The summed E-state index contributed by atoms with van der Waals surface area (Å²) in [5.74, 6) is 0.337. The molecule has 1 aliphatic rings. The van der Waals surface area contributed by atoms with Crippen molar-refractivity contribution in [2.45, 2.75) is 47.1 Å². The minimum Gasteiger partial charge on any atom is -0.356 e. The van der Waals surface area contributed by atoms with Crippen LogP contribution in [0.1, 0.15) is 41.0 Å². The second kappa shape index (κ2) is 4.92. The molecule has 1 atom stereocenters. The van der Waals surface area contributed by atoms with Crippen LogP contribution < -0.4 is 11.1 Å². The van der Waals surface area contributed by atoms with Gasteiger partial charge >= 0.3 is 0 Å². The highest BCUT2D eigenvalue weighted by Crippen LogP contribution is 2.68. The van der Waals surface area contributed by atoms with Gasteiger partial charge in [-0.25, -0.2) is 0 Å². The maximum absolute atomic E-state index is 11.9. The zero-order chi connectivity index (χ0) is 11.9. The lowest BCUT2D eigenvalue weighted by Crippen LogP contribution is -2.31. The molecule has 0 bridgehead atoms. The van der Waals surface area contributed by atoms with Crippen molar-refractivity contribution in [1.82, 2.24) is 5.32 Å². The number of halogens is 1. The Morgan fingerprint density at radius 3 is 2.06 bits per heavy atom. The van der Waals surface area contributed by atoms with Crippen molar-refractivity contribution < 1.29 is 4.79 Å². The Kier molecular flexibility index (Phi) is 4.84. The highest BCUT2D eigenvalue weighted by atomic mass is 35.5. The molecule has 0 spiro atoms. The molecule has 1 rings (SSSR count). The lowest BCUT2D eigenvalue weighted by molar-refractivity contribution is -0.123. The molecule has 1 aliphatic carbocycles. The van der Waals surface area contributed by atoms with Crippen LogP contribution in [0.25, 0.3) is 0 Å². The first kappa shape index (κ1) is 15.7. The van der Waals surface area contributed by atoms with E-state index in [-0.39, 0.29) is 41.1 Å². The van der Waals surface area contributed by atoms with E-state index in [0.29, 0.717) is 6.54 Å². The topological polar surface area (TPSA) is 55.1 Å². The summed E-state index contributed by atoms with van der Waals surface area (Å²) >= 11 is 0. The first-order chi connectivity index (χ1) is 6.71. The van der Waals surface area contributed by atoms with Crippen molar-refractivity contribution in [3.8, 4) is 0 Å². The number of rotatable bonds is 4. The Balaban J connectivity index is 0.00000225. The highest BCUT2D eigenvalue weighted by molar-refractivity contribution is 5.85. The predicted octanol–water partition coefficient (Wildman–Crippen LogP) is 1.94. The van der Waals surface area contributed by atoms with E-state index in [1.165, 1.54) is 0 Å². The maximum atomic E-state index is 11.9. The molecule has 4 heteroatoms. The summed E-state index contributed by atoms with van der Waals surface area (Å²) in [7, 11) is 0. The van der Waals surface area contributed by atoms with Gasteiger partial charge in [-0.2, -0.15) is 0 Å². The van der Waals surface area contributed by atoms with Gasteiger partial charge in [0.2, 0.25) is 5.91 Å². The van der Waals surface area contributed by atoms with Gasteiger partial charge in [-0.05, 0) is 24.2 Å². The fourth-order valence-electron chi connectivity index (χ4n) is 2.38. The number of carbonyl (C=O) groups excluding carboxylic acids is 1. The van der Waals surface area contributed by atoms with Gasteiger partial charge in [-0.3, -0.25) is 4.79 Å². The van der Waals surface area contributed by atoms with Gasteiger partial charge in [0.1, 0.15) is 0 Å². The van der Waals surface area contributed by atoms with Crippen LogP contribution in [0.5, 0.6) is 0 Å². The second-order valence-electron chi connectivity index (χ2n) is 5.93. The van der Waals surface area contributed by atoms with Crippen molar-refractivity contribution in [3.05, 3.63) is 0 Å². The third-order valence-corrected chi connectivity index (χ3v) is 4.18. The fourth-order valence-corrected chi connectivity index (χ4v) is 2.38. The van der Waals surface area contributed by atoms with Crippen LogP contribution in [0.15, 0.2) is 0 Å². The Labute approximate surface area is 105 Å². The van der Waals surface area contributed by atoms with E-state index in [1.807, 2.05) is 6.92 Å². The monoisotopic (exact) mass is 248 g/mol. The van der Waals surface area contributed by atoms with E-state index in [0.717, 1.165) is 6.42 Å². The SMILES string of the molecule is CC(N)CCNC(=O)C1C(C)(C)C1(C)C.Cl. The Morgan fingerprint density at radius 1 is 1.31 bits per heavy atom. The third kappa shape index (κ3) is 2.69. The van der Waals surface area contributed by atoms with Crippen LogP contribution in [0.4, 0.5) is 0 Å². The normalized spacial score (nSPS) is 23.1. The van der Waals surface area contributed by atoms with Crippen molar-refractivity contribution in [1.29, 1.82) is 0 Å². The Bertz CT molecular complexity index is 248. The minimum atomic E-state index is 0. The molecule has 0 heterocycles. The summed E-state index contributed by atoms with van der Waals surface area (Å²) in [6.07, 6.45) is 0.847. The Morgan fingerprint density at radius 2 is 1.75 bits per heavy atom. The van der Waals surface area contributed by atoms with Crippen LogP contribution >= 0.6 is 12.4 Å². The Hall–Kier alpha value is -0.280. The van der Waals surface area contributed by atoms with E-state index in [1.54, 1.807) is 0 Å². The molecule has 96 valence electrons. The van der Waals surface area contributed by atoms with Crippen LogP contribution in [0, 0.1) is 16.7 Å². The summed E-state index contributed by atoms with van der Waals surface area (Å²) in [4.78, 5) is 11.9. The van der Waals surface area contributed by atoms with E-state index in [4.69, 9.17) is 5.73 Å². The summed E-state index contributed by atoms with van der Waals surface area (Å²) in [5.41, 5.74) is 5.89. The minimum absolute atomic E-state index is 0. The molecule has 0 aromatic carbocycles. The molecule has 1 amide bonds. The number of amides is 1. The second-order valence-corrected chi connectivity index (χ2v) is 5.93. The number of carbonyl (C=O) groups is 1. The van der Waals surface area contributed by atoms with Gasteiger partial charge in [-0.1, -0.05) is 27.7 Å². The summed E-state index contributed by atoms with van der Waals surface area (Å²) in [6.45, 7) is 11.3. The summed E-state index contributed by atoms with van der Waals surface area (Å²) < 4.78 is 0. The van der Waals surface area contributed by atoms with Gasteiger partial charge in [0, 0.05) is 18.5 Å². The molecule has 16 heavy (non-hydrogen) atoms. The van der Waals surface area contributed by atoms with Crippen LogP contribution in [-0.4, -0.2) is 18.5 Å². The van der Waals surface area contributed by atoms with Crippen LogP contribution in [-0.2, 0) is 4.79 Å². The van der Waals surface area contributed by atoms with E-state index in [9.17, 15) is 4.79 Å². The van der Waals surface area contributed by atoms with Gasteiger partial charge < -0.3 is 11.1 Å². The summed E-state index contributed by atoms with van der Waals surface area (Å²) in [5, 5.41) is 2.97. The average Bonchev–Trinajstić information content (AvgIpc) is 2.41. The molecular formula is C12H25ClN2O. The van der Waals surface area contributed by atoms with Crippen molar-refractivity contribution in [3.63, 3.8) is 0 Å². The molecule has 1 fully saturated rings.